The fourth-order valence-corrected chi connectivity index (χ4v) is 2.16. The van der Waals surface area contributed by atoms with E-state index in [0.717, 1.165) is 16.8 Å². The molecular formula is C16H15N5O. The first-order valence-electron chi connectivity index (χ1n) is 6.85. The molecule has 3 rings (SSSR count). The number of aromatic nitrogens is 4. The van der Waals surface area contributed by atoms with Gasteiger partial charge in [-0.1, -0.05) is 6.07 Å². The van der Waals surface area contributed by atoms with Crippen LogP contribution in [0, 0.1) is 0 Å². The van der Waals surface area contributed by atoms with Crippen LogP contribution in [0.5, 0.6) is 0 Å². The summed E-state index contributed by atoms with van der Waals surface area (Å²) in [6.45, 7) is 0.395. The Morgan fingerprint density at radius 2 is 2.09 bits per heavy atom. The highest BCUT2D eigenvalue weighted by atomic mass is 16.1. The molecule has 6 nitrogen and oxygen atoms in total. The highest BCUT2D eigenvalue weighted by Gasteiger charge is 2.10. The van der Waals surface area contributed by atoms with Gasteiger partial charge in [0, 0.05) is 43.9 Å². The van der Waals surface area contributed by atoms with Crippen LogP contribution < -0.4 is 5.32 Å². The molecule has 0 fully saturated rings. The maximum absolute atomic E-state index is 12.1. The summed E-state index contributed by atoms with van der Waals surface area (Å²) in [4.78, 5) is 20.4. The van der Waals surface area contributed by atoms with Gasteiger partial charge in [-0.3, -0.25) is 19.4 Å². The summed E-state index contributed by atoms with van der Waals surface area (Å²) >= 11 is 0. The number of hydrogen-bond donors (Lipinski definition) is 1. The fraction of sp³-hybridized carbons (Fsp3) is 0.125. The summed E-state index contributed by atoms with van der Waals surface area (Å²) in [5.41, 5.74) is 3.22. The van der Waals surface area contributed by atoms with Crippen molar-refractivity contribution in [3.63, 3.8) is 0 Å². The predicted octanol–water partition coefficient (Wildman–Crippen LogP) is 1.81. The van der Waals surface area contributed by atoms with E-state index < -0.39 is 0 Å². The smallest absolute Gasteiger partial charge is 0.253 e. The van der Waals surface area contributed by atoms with Gasteiger partial charge >= 0.3 is 0 Å². The first kappa shape index (κ1) is 13.9. The molecule has 0 unspecified atom stereocenters. The number of rotatable bonds is 4. The van der Waals surface area contributed by atoms with Crippen molar-refractivity contribution in [2.75, 3.05) is 0 Å². The Kier molecular flexibility index (Phi) is 3.91. The minimum Gasteiger partial charge on any atom is -0.348 e. The third kappa shape index (κ3) is 3.01. The van der Waals surface area contributed by atoms with Crippen molar-refractivity contribution < 1.29 is 4.79 Å². The maximum Gasteiger partial charge on any atom is 0.253 e. The van der Waals surface area contributed by atoms with Crippen LogP contribution in [0.3, 0.4) is 0 Å². The first-order valence-corrected chi connectivity index (χ1v) is 6.85. The molecule has 110 valence electrons. The lowest BCUT2D eigenvalue weighted by Gasteiger charge is -2.08. The van der Waals surface area contributed by atoms with Crippen LogP contribution in [0.15, 0.2) is 55.2 Å². The average Bonchev–Trinajstić information content (AvgIpc) is 3.00. The average molecular weight is 293 g/mol. The quantitative estimate of drug-likeness (QED) is 0.796. The molecule has 0 aliphatic rings. The summed E-state index contributed by atoms with van der Waals surface area (Å²) in [5, 5.41) is 7.04. The van der Waals surface area contributed by atoms with E-state index >= 15 is 0 Å². The van der Waals surface area contributed by atoms with Gasteiger partial charge in [0.05, 0.1) is 17.5 Å². The van der Waals surface area contributed by atoms with E-state index in [-0.39, 0.29) is 5.91 Å². The van der Waals surface area contributed by atoms with E-state index in [0.29, 0.717) is 12.1 Å². The van der Waals surface area contributed by atoms with Crippen LogP contribution in [-0.4, -0.2) is 25.7 Å². The maximum atomic E-state index is 12.1. The predicted molar refractivity (Wildman–Crippen MR) is 81.8 cm³/mol. The molecule has 1 amide bonds. The Morgan fingerprint density at radius 1 is 1.23 bits per heavy atom. The van der Waals surface area contributed by atoms with E-state index in [9.17, 15) is 4.79 Å². The summed E-state index contributed by atoms with van der Waals surface area (Å²) in [7, 11) is 1.86. The molecule has 0 aliphatic heterocycles. The minimum atomic E-state index is -0.158. The topological polar surface area (TPSA) is 72.7 Å². The number of aryl methyl sites for hydroxylation is 1. The van der Waals surface area contributed by atoms with Gasteiger partial charge in [0.2, 0.25) is 0 Å². The molecule has 22 heavy (non-hydrogen) atoms. The molecule has 3 heterocycles. The summed E-state index contributed by atoms with van der Waals surface area (Å²) < 4.78 is 1.72. The summed E-state index contributed by atoms with van der Waals surface area (Å²) in [5.74, 6) is -0.158. The van der Waals surface area contributed by atoms with E-state index in [2.05, 4.69) is 20.4 Å². The molecule has 0 spiro atoms. The molecule has 3 aromatic rings. The Labute approximate surface area is 127 Å². The van der Waals surface area contributed by atoms with Gasteiger partial charge in [-0.15, -0.1) is 0 Å². The lowest BCUT2D eigenvalue weighted by molar-refractivity contribution is 0.0950. The van der Waals surface area contributed by atoms with Crippen LogP contribution in [0.1, 0.15) is 15.9 Å². The second-order valence-electron chi connectivity index (χ2n) is 4.84. The number of pyridine rings is 2. The monoisotopic (exact) mass is 293 g/mol. The number of nitrogens with one attached hydrogen (secondary N) is 1. The van der Waals surface area contributed by atoms with E-state index in [1.807, 2.05) is 25.4 Å². The number of carbonyl (C=O) groups excluding carboxylic acids is 1. The normalized spacial score (nSPS) is 10.4. The second kappa shape index (κ2) is 6.17. The van der Waals surface area contributed by atoms with Crippen LogP contribution >= 0.6 is 0 Å². The first-order chi connectivity index (χ1) is 10.7. The molecule has 0 saturated carbocycles. The number of hydrogen-bond acceptors (Lipinski definition) is 4. The fourth-order valence-electron chi connectivity index (χ4n) is 2.16. The van der Waals surface area contributed by atoms with Crippen LogP contribution in [0.2, 0.25) is 0 Å². The molecule has 0 aromatic carbocycles. The molecule has 0 bridgehead atoms. The van der Waals surface area contributed by atoms with Gasteiger partial charge in [0.15, 0.2) is 0 Å². The Hall–Kier alpha value is -3.02. The van der Waals surface area contributed by atoms with Gasteiger partial charge in [-0.25, -0.2) is 0 Å². The zero-order valence-electron chi connectivity index (χ0n) is 12.1. The third-order valence-corrected chi connectivity index (χ3v) is 3.23. The highest BCUT2D eigenvalue weighted by Crippen LogP contribution is 2.20. The molecule has 3 aromatic heterocycles. The zero-order valence-corrected chi connectivity index (χ0v) is 12.1. The minimum absolute atomic E-state index is 0.158. The highest BCUT2D eigenvalue weighted by molar-refractivity contribution is 5.93. The largest absolute Gasteiger partial charge is 0.348 e. The molecule has 0 saturated heterocycles. The van der Waals surface area contributed by atoms with Crippen molar-refractivity contribution in [1.82, 2.24) is 25.1 Å². The summed E-state index contributed by atoms with van der Waals surface area (Å²) in [6.07, 6.45) is 8.57. The number of carbonyl (C=O) groups is 1. The van der Waals surface area contributed by atoms with E-state index in [1.165, 1.54) is 0 Å². The lowest BCUT2D eigenvalue weighted by Crippen LogP contribution is -2.23. The molecule has 6 heteroatoms. The Morgan fingerprint density at radius 3 is 2.82 bits per heavy atom. The van der Waals surface area contributed by atoms with Gasteiger partial charge < -0.3 is 5.32 Å². The van der Waals surface area contributed by atoms with Crippen LogP contribution in [0.4, 0.5) is 0 Å². The van der Waals surface area contributed by atoms with Crippen molar-refractivity contribution in [3.05, 3.63) is 66.4 Å². The molecular weight excluding hydrogens is 278 g/mol. The van der Waals surface area contributed by atoms with Crippen molar-refractivity contribution in [1.29, 1.82) is 0 Å². The van der Waals surface area contributed by atoms with Crippen molar-refractivity contribution in [3.8, 4) is 11.3 Å². The lowest BCUT2D eigenvalue weighted by atomic mass is 10.1. The van der Waals surface area contributed by atoms with Gasteiger partial charge in [-0.2, -0.15) is 5.10 Å². The number of amides is 1. The van der Waals surface area contributed by atoms with Crippen LogP contribution in [-0.2, 0) is 13.6 Å². The Balaban J connectivity index is 1.77. The zero-order chi connectivity index (χ0) is 15.4. The third-order valence-electron chi connectivity index (χ3n) is 3.23. The van der Waals surface area contributed by atoms with E-state index in [1.54, 1.807) is 41.6 Å². The standard InChI is InChI=1S/C16H15N5O/c1-21-11-14(10-20-21)15-12(4-3-7-18-15)9-19-16(22)13-5-2-6-17-8-13/h2-8,10-11H,9H2,1H3,(H,19,22). The molecule has 0 aliphatic carbocycles. The van der Waals surface area contributed by atoms with Crippen molar-refractivity contribution >= 4 is 5.91 Å². The van der Waals surface area contributed by atoms with Crippen molar-refractivity contribution in [2.45, 2.75) is 6.54 Å². The number of nitrogens with zero attached hydrogens (tertiary/aromatic N) is 4. The molecule has 1 N–H and O–H groups in total. The van der Waals surface area contributed by atoms with Crippen molar-refractivity contribution in [2.24, 2.45) is 7.05 Å². The second-order valence-corrected chi connectivity index (χ2v) is 4.84. The summed E-state index contributed by atoms with van der Waals surface area (Å²) in [6, 6.07) is 7.26. The van der Waals surface area contributed by atoms with Crippen LogP contribution in [0.25, 0.3) is 11.3 Å². The molecule has 0 radical (unpaired) electrons. The Bertz CT molecular complexity index is 782. The SMILES string of the molecule is Cn1cc(-c2ncccc2CNC(=O)c2cccnc2)cn1. The van der Waals surface area contributed by atoms with E-state index in [4.69, 9.17) is 0 Å². The van der Waals surface area contributed by atoms with Gasteiger partial charge in [0.25, 0.3) is 5.91 Å². The molecule has 0 atom stereocenters. The van der Waals surface area contributed by atoms with Gasteiger partial charge in [-0.05, 0) is 23.8 Å². The van der Waals surface area contributed by atoms with Gasteiger partial charge in [0.1, 0.15) is 0 Å².